The van der Waals surface area contributed by atoms with Gasteiger partial charge in [-0.1, -0.05) is 0 Å². The normalized spacial score (nSPS) is 10.5. The zero-order valence-electron chi connectivity index (χ0n) is 14.9. The van der Waals surface area contributed by atoms with Gasteiger partial charge in [-0.05, 0) is 42.8 Å². The van der Waals surface area contributed by atoms with E-state index in [0.717, 1.165) is 18.5 Å². The van der Waals surface area contributed by atoms with Crippen LogP contribution in [0.4, 0.5) is 0 Å². The van der Waals surface area contributed by atoms with Crippen LogP contribution in [0, 0.1) is 0 Å². The zero-order chi connectivity index (χ0) is 18.4. The Morgan fingerprint density at radius 1 is 1.19 bits per heavy atom. The van der Waals surface area contributed by atoms with Crippen LogP contribution in [0.3, 0.4) is 0 Å². The number of H-pyrrole nitrogens is 1. The molecule has 0 radical (unpaired) electrons. The number of nitrogens with one attached hydrogen (secondary N) is 2. The fourth-order valence-electron chi connectivity index (χ4n) is 2.67. The first kappa shape index (κ1) is 17.6. The van der Waals surface area contributed by atoms with Crippen molar-refractivity contribution < 1.29 is 14.3 Å². The van der Waals surface area contributed by atoms with Gasteiger partial charge in [-0.2, -0.15) is 5.10 Å². The highest BCUT2D eigenvalue weighted by atomic mass is 16.5. The van der Waals surface area contributed by atoms with Crippen LogP contribution in [0.1, 0.15) is 16.9 Å². The molecule has 3 rings (SSSR count). The van der Waals surface area contributed by atoms with Crippen molar-refractivity contribution in [1.29, 1.82) is 0 Å². The molecule has 0 unspecified atom stereocenters. The maximum atomic E-state index is 12.3. The number of aromatic amines is 1. The lowest BCUT2D eigenvalue weighted by molar-refractivity contribution is 0.0947. The number of benzene rings is 1. The Balaban J connectivity index is 1.63. The van der Waals surface area contributed by atoms with E-state index in [2.05, 4.69) is 20.1 Å². The van der Waals surface area contributed by atoms with Crippen LogP contribution < -0.4 is 14.8 Å². The minimum absolute atomic E-state index is 0.182. The molecule has 7 heteroatoms. The Labute approximate surface area is 151 Å². The molecule has 0 bridgehead atoms. The fraction of sp³-hybridized carbons (Fsp3) is 0.263. The molecule has 26 heavy (non-hydrogen) atoms. The Morgan fingerprint density at radius 3 is 2.73 bits per heavy atom. The number of hydrogen-bond donors (Lipinski definition) is 2. The molecule has 2 N–H and O–H groups in total. The Kier molecular flexibility index (Phi) is 5.58. The summed E-state index contributed by atoms with van der Waals surface area (Å²) in [5.41, 5.74) is 1.79. The summed E-state index contributed by atoms with van der Waals surface area (Å²) >= 11 is 0. The molecule has 0 atom stereocenters. The van der Waals surface area contributed by atoms with Gasteiger partial charge in [0.1, 0.15) is 17.2 Å². The largest absolute Gasteiger partial charge is 0.497 e. The second kappa shape index (κ2) is 8.24. The van der Waals surface area contributed by atoms with E-state index in [1.807, 2.05) is 42.7 Å². The highest BCUT2D eigenvalue weighted by Crippen LogP contribution is 2.32. The van der Waals surface area contributed by atoms with Gasteiger partial charge >= 0.3 is 0 Å². The maximum Gasteiger partial charge on any atom is 0.269 e. The first-order valence-corrected chi connectivity index (χ1v) is 8.38. The summed E-state index contributed by atoms with van der Waals surface area (Å²) in [7, 11) is 3.19. The summed E-state index contributed by atoms with van der Waals surface area (Å²) in [5.74, 6) is 1.17. The average Bonchev–Trinajstić information content (AvgIpc) is 3.36. The summed E-state index contributed by atoms with van der Waals surface area (Å²) in [4.78, 5) is 12.3. The van der Waals surface area contributed by atoms with Crippen LogP contribution in [-0.4, -0.2) is 41.4 Å². The monoisotopic (exact) mass is 354 g/mol. The summed E-state index contributed by atoms with van der Waals surface area (Å²) in [6.07, 6.45) is 4.86. The van der Waals surface area contributed by atoms with Gasteiger partial charge in [0.05, 0.1) is 19.9 Å². The van der Waals surface area contributed by atoms with Crippen LogP contribution >= 0.6 is 0 Å². The van der Waals surface area contributed by atoms with Crippen LogP contribution in [0.5, 0.6) is 11.5 Å². The van der Waals surface area contributed by atoms with Crippen LogP contribution in [-0.2, 0) is 6.54 Å². The maximum absolute atomic E-state index is 12.3. The number of ether oxygens (including phenoxy) is 2. The number of carbonyl (C=O) groups excluding carboxylic acids is 1. The number of amides is 1. The number of aromatic nitrogens is 3. The number of methoxy groups -OCH3 is 2. The lowest BCUT2D eigenvalue weighted by atomic mass is 10.1. The van der Waals surface area contributed by atoms with E-state index in [9.17, 15) is 4.79 Å². The molecule has 0 saturated carbocycles. The molecule has 0 spiro atoms. The quantitative estimate of drug-likeness (QED) is 0.610. The molecule has 0 saturated heterocycles. The summed E-state index contributed by atoms with van der Waals surface area (Å²) in [6, 6.07) is 11.1. The first-order valence-electron chi connectivity index (χ1n) is 8.38. The van der Waals surface area contributed by atoms with Crippen LogP contribution in [0.15, 0.2) is 48.8 Å². The van der Waals surface area contributed by atoms with Gasteiger partial charge in [-0.25, -0.2) is 0 Å². The van der Waals surface area contributed by atoms with E-state index in [1.165, 1.54) is 0 Å². The Hall–Kier alpha value is -3.22. The number of carbonyl (C=O) groups is 1. The van der Waals surface area contributed by atoms with Gasteiger partial charge in [0.2, 0.25) is 0 Å². The standard InChI is InChI=1S/C19H22N4O3/c1-25-14-6-7-18(26-2)15(12-14)16-13-17(22-21-16)19(24)20-8-5-11-23-9-3-4-10-23/h3-4,6-7,9-10,12-13H,5,8,11H2,1-2H3,(H,20,24)(H,21,22). The molecule has 7 nitrogen and oxygen atoms in total. The molecule has 0 aliphatic rings. The highest BCUT2D eigenvalue weighted by Gasteiger charge is 2.14. The summed E-state index contributed by atoms with van der Waals surface area (Å²) < 4.78 is 12.7. The Bertz CT molecular complexity index is 856. The zero-order valence-corrected chi connectivity index (χ0v) is 14.9. The molecule has 3 aromatic rings. The van der Waals surface area contributed by atoms with Gasteiger partial charge in [0, 0.05) is 31.0 Å². The van der Waals surface area contributed by atoms with E-state index in [0.29, 0.717) is 29.4 Å². The van der Waals surface area contributed by atoms with Crippen molar-refractivity contribution in [2.45, 2.75) is 13.0 Å². The van der Waals surface area contributed by atoms with Crippen molar-refractivity contribution in [3.63, 3.8) is 0 Å². The van der Waals surface area contributed by atoms with Crippen molar-refractivity contribution in [3.8, 4) is 22.8 Å². The summed E-state index contributed by atoms with van der Waals surface area (Å²) in [5, 5.41) is 9.92. The third-order valence-corrected chi connectivity index (χ3v) is 4.05. The molecular formula is C19H22N4O3. The topological polar surface area (TPSA) is 81.2 Å². The molecule has 1 amide bonds. The Morgan fingerprint density at radius 2 is 2.00 bits per heavy atom. The molecule has 136 valence electrons. The van der Waals surface area contributed by atoms with Crippen molar-refractivity contribution in [2.75, 3.05) is 20.8 Å². The van der Waals surface area contributed by atoms with Crippen molar-refractivity contribution in [2.24, 2.45) is 0 Å². The SMILES string of the molecule is COc1ccc(OC)c(-c2cc(C(=O)NCCCn3cccc3)[nH]n2)c1. The van der Waals surface area contributed by atoms with Crippen molar-refractivity contribution in [1.82, 2.24) is 20.1 Å². The molecule has 1 aromatic carbocycles. The second-order valence-corrected chi connectivity index (χ2v) is 5.76. The smallest absolute Gasteiger partial charge is 0.269 e. The van der Waals surface area contributed by atoms with Gasteiger partial charge in [-0.3, -0.25) is 9.89 Å². The van der Waals surface area contributed by atoms with E-state index in [-0.39, 0.29) is 5.91 Å². The van der Waals surface area contributed by atoms with E-state index in [4.69, 9.17) is 9.47 Å². The molecule has 2 heterocycles. The second-order valence-electron chi connectivity index (χ2n) is 5.76. The van der Waals surface area contributed by atoms with Gasteiger partial charge < -0.3 is 19.4 Å². The van der Waals surface area contributed by atoms with E-state index >= 15 is 0 Å². The average molecular weight is 354 g/mol. The van der Waals surface area contributed by atoms with Crippen LogP contribution in [0.2, 0.25) is 0 Å². The van der Waals surface area contributed by atoms with Crippen molar-refractivity contribution >= 4 is 5.91 Å². The van der Waals surface area contributed by atoms with Crippen molar-refractivity contribution in [3.05, 3.63) is 54.5 Å². The number of hydrogen-bond acceptors (Lipinski definition) is 4. The number of aryl methyl sites for hydroxylation is 1. The predicted octanol–water partition coefficient (Wildman–Crippen LogP) is 2.72. The van der Waals surface area contributed by atoms with E-state index < -0.39 is 0 Å². The molecule has 0 fully saturated rings. The van der Waals surface area contributed by atoms with E-state index in [1.54, 1.807) is 20.3 Å². The minimum Gasteiger partial charge on any atom is -0.497 e. The third kappa shape index (κ3) is 4.05. The molecule has 2 aromatic heterocycles. The number of nitrogens with zero attached hydrogens (tertiary/aromatic N) is 2. The molecular weight excluding hydrogens is 332 g/mol. The number of rotatable bonds is 8. The third-order valence-electron chi connectivity index (χ3n) is 4.05. The van der Waals surface area contributed by atoms with Gasteiger partial charge in [0.15, 0.2) is 0 Å². The fourth-order valence-corrected chi connectivity index (χ4v) is 2.67. The predicted molar refractivity (Wildman–Crippen MR) is 98.5 cm³/mol. The summed E-state index contributed by atoms with van der Waals surface area (Å²) in [6.45, 7) is 1.45. The highest BCUT2D eigenvalue weighted by molar-refractivity contribution is 5.93. The van der Waals surface area contributed by atoms with Gasteiger partial charge in [0.25, 0.3) is 5.91 Å². The first-order chi connectivity index (χ1) is 12.7. The minimum atomic E-state index is -0.182. The van der Waals surface area contributed by atoms with Gasteiger partial charge in [-0.15, -0.1) is 0 Å². The lowest BCUT2D eigenvalue weighted by Crippen LogP contribution is -2.25. The molecule has 0 aliphatic heterocycles. The van der Waals surface area contributed by atoms with Crippen LogP contribution in [0.25, 0.3) is 11.3 Å². The molecule has 0 aliphatic carbocycles. The lowest BCUT2D eigenvalue weighted by Gasteiger charge is -2.08.